The number of hydrogen-bond acceptors (Lipinski definition) is 7. The molecule has 3 heterocycles. The Bertz CT molecular complexity index is 1490. The summed E-state index contributed by atoms with van der Waals surface area (Å²) >= 11 is 1.54. The zero-order valence-corrected chi connectivity index (χ0v) is 29.5. The Kier molecular flexibility index (Phi) is 10.7. The molecule has 2 N–H and O–H groups in total. The summed E-state index contributed by atoms with van der Waals surface area (Å²) in [6.45, 7) is 16.9. The van der Waals surface area contributed by atoms with Crippen LogP contribution in [0.4, 0.5) is 5.95 Å². The SMILES string of the molecule is CC.Cc1cccc(C)c1-c1cc2nc(n1)NSc1cccc(c1)C(C1CC3(CCCN(C(=O)CO)C3)C1)C(CC(C)(C)C)CO2. The van der Waals surface area contributed by atoms with Crippen molar-refractivity contribution in [3.63, 3.8) is 0 Å². The van der Waals surface area contributed by atoms with E-state index in [0.717, 1.165) is 61.3 Å². The molecule has 2 aromatic carbocycles. The molecule has 8 heteroatoms. The number of aryl methyl sites for hydroxylation is 2. The molecule has 0 radical (unpaired) electrons. The van der Waals surface area contributed by atoms with E-state index >= 15 is 0 Å². The molecular weight excluding hydrogens is 593 g/mol. The van der Waals surface area contributed by atoms with Crippen molar-refractivity contribution >= 4 is 23.8 Å². The van der Waals surface area contributed by atoms with Gasteiger partial charge in [-0.25, -0.2) is 4.98 Å². The number of hydrogen-bond donors (Lipinski definition) is 2. The summed E-state index contributed by atoms with van der Waals surface area (Å²) in [6.07, 6.45) is 5.37. The van der Waals surface area contributed by atoms with E-state index in [0.29, 0.717) is 30.3 Å². The summed E-state index contributed by atoms with van der Waals surface area (Å²) in [4.78, 5) is 25.1. The number of fused-ring (bicyclic) bond motifs is 4. The number of piperidine rings is 1. The van der Waals surface area contributed by atoms with Gasteiger partial charge in [-0.05, 0) is 109 Å². The molecule has 4 bridgehead atoms. The van der Waals surface area contributed by atoms with E-state index in [1.165, 1.54) is 16.7 Å². The number of rotatable bonds is 4. The Morgan fingerprint density at radius 3 is 2.50 bits per heavy atom. The quantitative estimate of drug-likeness (QED) is 0.276. The first-order valence-electron chi connectivity index (χ1n) is 17.0. The Morgan fingerprint density at radius 1 is 1.09 bits per heavy atom. The van der Waals surface area contributed by atoms with Crippen molar-refractivity contribution in [3.05, 3.63) is 65.2 Å². The van der Waals surface area contributed by atoms with Crippen molar-refractivity contribution in [1.82, 2.24) is 14.9 Å². The van der Waals surface area contributed by atoms with Crippen LogP contribution in [0.1, 0.15) is 89.3 Å². The third-order valence-corrected chi connectivity index (χ3v) is 10.6. The summed E-state index contributed by atoms with van der Waals surface area (Å²) in [5, 5.41) is 9.51. The Morgan fingerprint density at radius 2 is 1.80 bits per heavy atom. The highest BCUT2D eigenvalue weighted by Gasteiger charge is 2.51. The molecule has 2 atom stereocenters. The number of carbonyl (C=O) groups excluding carboxylic acids is 1. The lowest BCUT2D eigenvalue weighted by atomic mass is 9.52. The summed E-state index contributed by atoms with van der Waals surface area (Å²) in [6, 6.07) is 17.3. The van der Waals surface area contributed by atoms with Gasteiger partial charge in [0.05, 0.1) is 12.3 Å². The van der Waals surface area contributed by atoms with Gasteiger partial charge in [0.25, 0.3) is 0 Å². The average molecular weight is 645 g/mol. The van der Waals surface area contributed by atoms with Crippen molar-refractivity contribution in [2.45, 2.75) is 91.4 Å². The number of benzene rings is 2. The zero-order valence-electron chi connectivity index (χ0n) is 28.7. The summed E-state index contributed by atoms with van der Waals surface area (Å²) in [5.41, 5.74) is 5.96. The molecule has 46 heavy (non-hydrogen) atoms. The summed E-state index contributed by atoms with van der Waals surface area (Å²) in [5.74, 6) is 2.10. The number of amides is 1. The maximum absolute atomic E-state index is 12.4. The van der Waals surface area contributed by atoms with Gasteiger partial charge in [0, 0.05) is 35.5 Å². The number of carbonyl (C=O) groups is 1. The van der Waals surface area contributed by atoms with Gasteiger partial charge in [0.15, 0.2) is 0 Å². The second-order valence-electron chi connectivity index (χ2n) is 14.6. The first kappa shape index (κ1) is 34.2. The topological polar surface area (TPSA) is 87.6 Å². The molecule has 3 aliphatic rings. The first-order chi connectivity index (χ1) is 22.0. The van der Waals surface area contributed by atoms with Crippen LogP contribution < -0.4 is 9.46 Å². The fourth-order valence-electron chi connectivity index (χ4n) is 8.14. The second-order valence-corrected chi connectivity index (χ2v) is 15.4. The molecule has 1 amide bonds. The molecule has 3 aromatic rings. The molecule has 1 aliphatic carbocycles. The number of likely N-dealkylation sites (tertiary alicyclic amines) is 1. The van der Waals surface area contributed by atoms with Gasteiger partial charge in [0.2, 0.25) is 17.7 Å². The molecule has 6 rings (SSSR count). The third-order valence-electron chi connectivity index (χ3n) is 9.82. The van der Waals surface area contributed by atoms with E-state index in [1.54, 1.807) is 11.9 Å². The lowest BCUT2D eigenvalue weighted by Gasteiger charge is -2.56. The monoisotopic (exact) mass is 644 g/mol. The van der Waals surface area contributed by atoms with Crippen LogP contribution in [0.25, 0.3) is 11.3 Å². The maximum Gasteiger partial charge on any atom is 0.248 e. The number of aliphatic hydroxyl groups excluding tert-OH is 1. The number of anilines is 1. The number of aliphatic hydroxyl groups is 1. The molecule has 1 aromatic heterocycles. The highest BCUT2D eigenvalue weighted by atomic mass is 32.2. The van der Waals surface area contributed by atoms with Crippen LogP contribution in [-0.2, 0) is 4.79 Å². The summed E-state index contributed by atoms with van der Waals surface area (Å²) < 4.78 is 10.1. The Hall–Kier alpha value is -3.10. The predicted molar refractivity (Wildman–Crippen MR) is 188 cm³/mol. The molecule has 1 saturated carbocycles. The van der Waals surface area contributed by atoms with E-state index in [-0.39, 0.29) is 22.7 Å². The largest absolute Gasteiger partial charge is 0.477 e. The number of ether oxygens (including phenoxy) is 1. The van der Waals surface area contributed by atoms with Crippen molar-refractivity contribution in [2.75, 3.05) is 31.0 Å². The average Bonchev–Trinajstić information content (AvgIpc) is 3.02. The van der Waals surface area contributed by atoms with Crippen molar-refractivity contribution in [1.29, 1.82) is 0 Å². The van der Waals surface area contributed by atoms with Gasteiger partial charge in [0.1, 0.15) is 6.61 Å². The standard InChI is InChI=1S/C36H46N4O3S.C2H6/c1-23-9-6-10-24(2)32(23)29-16-30-38-34(37-29)39-44-28-12-7-11-25(15-28)33(27(21-43-30)17-35(3,4)5)26-18-36(19-26)13-8-14-40(22-36)31(42)20-41;1-2/h6-7,9-12,15-16,26-27,33,41H,8,13-14,17-22H2,1-5H3,(H,37,38,39);1-2H3. The van der Waals surface area contributed by atoms with Crippen LogP contribution in [0, 0.1) is 36.5 Å². The van der Waals surface area contributed by atoms with E-state index in [1.807, 2.05) is 24.8 Å². The van der Waals surface area contributed by atoms with E-state index in [2.05, 4.69) is 81.8 Å². The molecule has 7 nitrogen and oxygen atoms in total. The highest BCUT2D eigenvalue weighted by Crippen LogP contribution is 2.58. The minimum atomic E-state index is -0.401. The highest BCUT2D eigenvalue weighted by molar-refractivity contribution is 8.00. The lowest BCUT2D eigenvalue weighted by molar-refractivity contribution is -0.141. The minimum Gasteiger partial charge on any atom is -0.477 e. The second kappa shape index (κ2) is 14.3. The third kappa shape index (κ3) is 7.71. The van der Waals surface area contributed by atoms with Gasteiger partial charge in [-0.2, -0.15) is 4.98 Å². The number of nitrogens with one attached hydrogen (secondary N) is 1. The zero-order chi connectivity index (χ0) is 33.1. The fraction of sp³-hybridized carbons (Fsp3) is 0.553. The Balaban J connectivity index is 0.00000204. The van der Waals surface area contributed by atoms with Crippen LogP contribution in [-0.4, -0.2) is 52.2 Å². The smallest absolute Gasteiger partial charge is 0.248 e. The molecule has 1 spiro atoms. The van der Waals surface area contributed by atoms with Crippen molar-refractivity contribution in [2.24, 2.45) is 22.7 Å². The maximum atomic E-state index is 12.4. The van der Waals surface area contributed by atoms with Gasteiger partial charge in [-0.1, -0.05) is 65.0 Å². The normalized spacial score (nSPS) is 24.3. The lowest BCUT2D eigenvalue weighted by Crippen LogP contribution is -2.54. The van der Waals surface area contributed by atoms with Crippen molar-refractivity contribution < 1.29 is 14.6 Å². The van der Waals surface area contributed by atoms with Gasteiger partial charge < -0.3 is 14.7 Å². The molecule has 2 unspecified atom stereocenters. The molecular formula is C38H52N4O3S. The van der Waals surface area contributed by atoms with Gasteiger partial charge in [-0.15, -0.1) is 0 Å². The fourth-order valence-corrected chi connectivity index (χ4v) is 8.78. The number of aromatic nitrogens is 2. The van der Waals surface area contributed by atoms with Crippen LogP contribution in [0.3, 0.4) is 0 Å². The van der Waals surface area contributed by atoms with Gasteiger partial charge >= 0.3 is 0 Å². The minimum absolute atomic E-state index is 0.119. The predicted octanol–water partition coefficient (Wildman–Crippen LogP) is 8.45. The van der Waals surface area contributed by atoms with E-state index in [9.17, 15) is 9.90 Å². The molecule has 248 valence electrons. The van der Waals surface area contributed by atoms with Crippen molar-refractivity contribution in [3.8, 4) is 17.1 Å². The number of nitrogens with zero attached hydrogens (tertiary/aromatic N) is 3. The summed E-state index contributed by atoms with van der Waals surface area (Å²) in [7, 11) is 0. The van der Waals surface area contributed by atoms with Gasteiger partial charge in [-0.3, -0.25) is 9.52 Å². The molecule has 2 fully saturated rings. The molecule has 2 aliphatic heterocycles. The van der Waals surface area contributed by atoms with E-state index in [4.69, 9.17) is 14.7 Å². The molecule has 1 saturated heterocycles. The van der Waals surface area contributed by atoms with Crippen LogP contribution in [0.15, 0.2) is 53.4 Å². The van der Waals surface area contributed by atoms with Crippen LogP contribution in [0.2, 0.25) is 0 Å². The van der Waals surface area contributed by atoms with Crippen LogP contribution in [0.5, 0.6) is 5.88 Å². The van der Waals surface area contributed by atoms with Crippen LogP contribution >= 0.6 is 11.9 Å². The van der Waals surface area contributed by atoms with E-state index < -0.39 is 6.61 Å². The first-order valence-corrected chi connectivity index (χ1v) is 17.8. The Labute approximate surface area is 280 Å².